The number of nitrogens with zero attached hydrogens (tertiary/aromatic N) is 3. The fourth-order valence-electron chi connectivity index (χ4n) is 2.16. The van der Waals surface area contributed by atoms with Gasteiger partial charge in [0.1, 0.15) is 5.82 Å². The zero-order valence-electron chi connectivity index (χ0n) is 10.4. The van der Waals surface area contributed by atoms with E-state index < -0.39 is 0 Å². The molecule has 1 aromatic rings. The van der Waals surface area contributed by atoms with Crippen LogP contribution in [0.2, 0.25) is 0 Å². The molecule has 0 spiro atoms. The van der Waals surface area contributed by atoms with Gasteiger partial charge < -0.3 is 9.80 Å². The van der Waals surface area contributed by atoms with Crippen LogP contribution in [0.4, 0.5) is 5.82 Å². The predicted molar refractivity (Wildman–Crippen MR) is 72.7 cm³/mol. The van der Waals surface area contributed by atoms with Gasteiger partial charge in [0, 0.05) is 32.2 Å². The summed E-state index contributed by atoms with van der Waals surface area (Å²) in [5, 5.41) is 0. The fourth-order valence-corrected chi connectivity index (χ4v) is 2.33. The number of alkyl halides is 1. The van der Waals surface area contributed by atoms with Gasteiger partial charge in [0.2, 0.25) is 0 Å². The van der Waals surface area contributed by atoms with Crippen molar-refractivity contribution in [3.05, 3.63) is 23.9 Å². The number of anilines is 1. The molecule has 3 nitrogen and oxygen atoms in total. The van der Waals surface area contributed by atoms with Gasteiger partial charge in [0.15, 0.2) is 0 Å². The Morgan fingerprint density at radius 2 is 2.18 bits per heavy atom. The third-order valence-electron chi connectivity index (χ3n) is 3.31. The van der Waals surface area contributed by atoms with Gasteiger partial charge in [0.25, 0.3) is 0 Å². The van der Waals surface area contributed by atoms with E-state index in [4.69, 9.17) is 11.6 Å². The SMILES string of the molecule is CN(CCN1CCCC1)c1cc(CCl)ccn1. The number of likely N-dealkylation sites (N-methyl/N-ethyl adjacent to an activating group) is 1. The molecule has 0 amide bonds. The molecular weight excluding hydrogens is 234 g/mol. The lowest BCUT2D eigenvalue weighted by molar-refractivity contribution is 0.346. The van der Waals surface area contributed by atoms with Crippen LogP contribution >= 0.6 is 11.6 Å². The van der Waals surface area contributed by atoms with Crippen LogP contribution in [0.1, 0.15) is 18.4 Å². The first-order valence-corrected chi connectivity index (χ1v) is 6.77. The average Bonchev–Trinajstić information content (AvgIpc) is 2.89. The van der Waals surface area contributed by atoms with E-state index in [0.717, 1.165) is 24.5 Å². The van der Waals surface area contributed by atoms with E-state index in [2.05, 4.69) is 27.9 Å². The van der Waals surface area contributed by atoms with Gasteiger partial charge >= 0.3 is 0 Å². The third-order valence-corrected chi connectivity index (χ3v) is 3.61. The predicted octanol–water partition coefficient (Wildman–Crippen LogP) is 2.35. The third kappa shape index (κ3) is 3.58. The molecule has 0 atom stereocenters. The Morgan fingerprint density at radius 1 is 1.41 bits per heavy atom. The van der Waals surface area contributed by atoms with Crippen molar-refractivity contribution in [1.29, 1.82) is 0 Å². The smallest absolute Gasteiger partial charge is 0.128 e. The summed E-state index contributed by atoms with van der Waals surface area (Å²) >= 11 is 5.83. The molecule has 1 fully saturated rings. The van der Waals surface area contributed by atoms with E-state index in [9.17, 15) is 0 Å². The Bertz CT molecular complexity index is 350. The minimum absolute atomic E-state index is 0.551. The van der Waals surface area contributed by atoms with Crippen LogP contribution in [-0.4, -0.2) is 43.1 Å². The van der Waals surface area contributed by atoms with Crippen molar-refractivity contribution >= 4 is 17.4 Å². The van der Waals surface area contributed by atoms with Crippen LogP contribution in [0.3, 0.4) is 0 Å². The van der Waals surface area contributed by atoms with Gasteiger partial charge in [-0.15, -0.1) is 11.6 Å². The van der Waals surface area contributed by atoms with Crippen molar-refractivity contribution in [3.8, 4) is 0 Å². The van der Waals surface area contributed by atoms with Crippen LogP contribution in [0.25, 0.3) is 0 Å². The van der Waals surface area contributed by atoms with E-state index in [0.29, 0.717) is 5.88 Å². The zero-order valence-corrected chi connectivity index (χ0v) is 11.2. The van der Waals surface area contributed by atoms with Crippen LogP contribution in [0, 0.1) is 0 Å². The molecule has 0 aliphatic carbocycles. The topological polar surface area (TPSA) is 19.4 Å². The summed E-state index contributed by atoms with van der Waals surface area (Å²) in [5.41, 5.74) is 1.13. The van der Waals surface area contributed by atoms with Gasteiger partial charge in [-0.3, -0.25) is 0 Å². The van der Waals surface area contributed by atoms with Crippen molar-refractivity contribution in [1.82, 2.24) is 9.88 Å². The average molecular weight is 254 g/mol. The summed E-state index contributed by atoms with van der Waals surface area (Å²) in [6.45, 7) is 4.66. The lowest BCUT2D eigenvalue weighted by Crippen LogP contribution is -2.31. The molecule has 1 saturated heterocycles. The number of aromatic nitrogens is 1. The number of hydrogen-bond acceptors (Lipinski definition) is 3. The maximum atomic E-state index is 5.83. The second-order valence-corrected chi connectivity index (χ2v) is 4.89. The van der Waals surface area contributed by atoms with Crippen molar-refractivity contribution in [2.24, 2.45) is 0 Å². The molecule has 1 aliphatic heterocycles. The van der Waals surface area contributed by atoms with Crippen molar-refractivity contribution in [3.63, 3.8) is 0 Å². The summed E-state index contributed by atoms with van der Waals surface area (Å²) in [6.07, 6.45) is 4.53. The molecule has 94 valence electrons. The van der Waals surface area contributed by atoms with Crippen LogP contribution in [-0.2, 0) is 5.88 Å². The Balaban J connectivity index is 1.87. The van der Waals surface area contributed by atoms with Gasteiger partial charge in [-0.25, -0.2) is 4.98 Å². The number of rotatable bonds is 5. The highest BCUT2D eigenvalue weighted by Gasteiger charge is 2.12. The zero-order chi connectivity index (χ0) is 12.1. The Labute approximate surface area is 108 Å². The second-order valence-electron chi connectivity index (χ2n) is 4.63. The monoisotopic (exact) mass is 253 g/mol. The first kappa shape index (κ1) is 12.7. The molecule has 0 N–H and O–H groups in total. The van der Waals surface area contributed by atoms with E-state index in [1.807, 2.05) is 12.3 Å². The summed E-state index contributed by atoms with van der Waals surface area (Å²) in [7, 11) is 2.09. The molecule has 0 unspecified atom stereocenters. The van der Waals surface area contributed by atoms with Crippen LogP contribution < -0.4 is 4.90 Å². The number of halogens is 1. The van der Waals surface area contributed by atoms with Gasteiger partial charge in [-0.05, 0) is 43.6 Å². The standard InChI is InChI=1S/C13H20ClN3/c1-16(8-9-17-6-2-3-7-17)13-10-12(11-14)4-5-15-13/h4-5,10H,2-3,6-9,11H2,1H3. The minimum atomic E-state index is 0.551. The minimum Gasteiger partial charge on any atom is -0.358 e. The highest BCUT2D eigenvalue weighted by Crippen LogP contribution is 2.13. The van der Waals surface area contributed by atoms with E-state index in [1.165, 1.54) is 25.9 Å². The Kier molecular flexibility index (Phi) is 4.63. The Morgan fingerprint density at radius 3 is 2.88 bits per heavy atom. The molecular formula is C13H20ClN3. The normalized spacial score (nSPS) is 16.4. The van der Waals surface area contributed by atoms with Crippen molar-refractivity contribution in [2.75, 3.05) is 38.1 Å². The molecule has 0 saturated carbocycles. The number of likely N-dealkylation sites (tertiary alicyclic amines) is 1. The molecule has 2 rings (SSSR count). The lowest BCUT2D eigenvalue weighted by Gasteiger charge is -2.22. The summed E-state index contributed by atoms with van der Waals surface area (Å²) in [4.78, 5) is 9.10. The largest absolute Gasteiger partial charge is 0.358 e. The summed E-state index contributed by atoms with van der Waals surface area (Å²) in [5.74, 6) is 1.57. The first-order valence-electron chi connectivity index (χ1n) is 6.24. The number of hydrogen-bond donors (Lipinski definition) is 0. The quantitative estimate of drug-likeness (QED) is 0.751. The summed E-state index contributed by atoms with van der Waals surface area (Å²) < 4.78 is 0. The van der Waals surface area contributed by atoms with Gasteiger partial charge in [-0.2, -0.15) is 0 Å². The van der Waals surface area contributed by atoms with Crippen LogP contribution in [0.15, 0.2) is 18.3 Å². The van der Waals surface area contributed by atoms with Crippen LogP contribution in [0.5, 0.6) is 0 Å². The van der Waals surface area contributed by atoms with Crippen molar-refractivity contribution in [2.45, 2.75) is 18.7 Å². The van der Waals surface area contributed by atoms with Crippen molar-refractivity contribution < 1.29 is 0 Å². The highest BCUT2D eigenvalue weighted by atomic mass is 35.5. The molecule has 0 radical (unpaired) electrons. The lowest BCUT2D eigenvalue weighted by atomic mass is 10.3. The van der Waals surface area contributed by atoms with E-state index in [-0.39, 0.29) is 0 Å². The maximum Gasteiger partial charge on any atom is 0.128 e. The molecule has 17 heavy (non-hydrogen) atoms. The van der Waals surface area contributed by atoms with Gasteiger partial charge in [-0.1, -0.05) is 0 Å². The fraction of sp³-hybridized carbons (Fsp3) is 0.615. The van der Waals surface area contributed by atoms with Gasteiger partial charge in [0.05, 0.1) is 0 Å². The first-order chi connectivity index (χ1) is 8.29. The highest BCUT2D eigenvalue weighted by molar-refractivity contribution is 6.17. The second kappa shape index (κ2) is 6.22. The molecule has 2 heterocycles. The molecule has 1 aromatic heterocycles. The summed E-state index contributed by atoms with van der Waals surface area (Å²) in [6, 6.07) is 4.03. The molecule has 4 heteroatoms. The molecule has 1 aliphatic rings. The van der Waals surface area contributed by atoms with E-state index in [1.54, 1.807) is 0 Å². The van der Waals surface area contributed by atoms with E-state index >= 15 is 0 Å². The number of pyridine rings is 1. The molecule has 0 bridgehead atoms. The molecule has 0 aromatic carbocycles. The maximum absolute atomic E-state index is 5.83. The Hall–Kier alpha value is -0.800.